The molecule has 0 amide bonds. The molecule has 0 saturated heterocycles. The van der Waals surface area contributed by atoms with Crippen LogP contribution in [0.1, 0.15) is 37.2 Å². The number of methoxy groups -OCH3 is 1. The van der Waals surface area contributed by atoms with E-state index in [0.29, 0.717) is 22.2 Å². The Morgan fingerprint density at radius 3 is 2.57 bits per heavy atom. The van der Waals surface area contributed by atoms with Crippen molar-refractivity contribution in [2.75, 3.05) is 7.11 Å². The molecule has 114 valence electrons. The van der Waals surface area contributed by atoms with Crippen molar-refractivity contribution >= 4 is 23.2 Å². The molecule has 0 aliphatic carbocycles. The van der Waals surface area contributed by atoms with Gasteiger partial charge in [-0.15, -0.1) is 0 Å². The highest BCUT2D eigenvalue weighted by atomic mass is 35.5. The standard InChI is InChI=1S/C15H19Cl2N3O/c1-9(2)20-15(14(21-3)8-19-20)13(18)7-10-4-5-11(16)12(17)6-10/h4-6,8-9,13H,7,18H2,1-3H3. The largest absolute Gasteiger partial charge is 0.493 e. The zero-order chi connectivity index (χ0) is 15.6. The molecule has 1 heterocycles. The Morgan fingerprint density at radius 1 is 1.29 bits per heavy atom. The average molecular weight is 328 g/mol. The van der Waals surface area contributed by atoms with Crippen LogP contribution in [-0.4, -0.2) is 16.9 Å². The van der Waals surface area contributed by atoms with E-state index < -0.39 is 0 Å². The van der Waals surface area contributed by atoms with Gasteiger partial charge < -0.3 is 10.5 Å². The normalized spacial score (nSPS) is 12.7. The van der Waals surface area contributed by atoms with Crippen LogP contribution in [0.15, 0.2) is 24.4 Å². The molecule has 0 saturated carbocycles. The molecule has 0 fully saturated rings. The topological polar surface area (TPSA) is 53.1 Å². The highest BCUT2D eigenvalue weighted by molar-refractivity contribution is 6.42. The van der Waals surface area contributed by atoms with Crippen LogP contribution in [0, 0.1) is 0 Å². The van der Waals surface area contributed by atoms with Gasteiger partial charge in [-0.2, -0.15) is 5.10 Å². The van der Waals surface area contributed by atoms with Crippen molar-refractivity contribution in [2.24, 2.45) is 5.73 Å². The predicted octanol–water partition coefficient (Wildman–Crippen LogP) is 4.02. The number of nitrogens with two attached hydrogens (primary N) is 1. The fourth-order valence-electron chi connectivity index (χ4n) is 2.29. The van der Waals surface area contributed by atoms with Gasteiger partial charge >= 0.3 is 0 Å². The monoisotopic (exact) mass is 327 g/mol. The molecule has 1 atom stereocenters. The molecule has 0 bridgehead atoms. The summed E-state index contributed by atoms with van der Waals surface area (Å²) in [6.07, 6.45) is 2.33. The smallest absolute Gasteiger partial charge is 0.161 e. The molecular formula is C15H19Cl2N3O. The number of halogens is 2. The van der Waals surface area contributed by atoms with Gasteiger partial charge in [0.25, 0.3) is 0 Å². The van der Waals surface area contributed by atoms with Gasteiger partial charge in [0.15, 0.2) is 5.75 Å². The molecule has 2 rings (SSSR count). The van der Waals surface area contributed by atoms with E-state index in [1.54, 1.807) is 19.4 Å². The fourth-order valence-corrected chi connectivity index (χ4v) is 2.62. The Kier molecular flexibility index (Phi) is 5.14. The lowest BCUT2D eigenvalue weighted by Crippen LogP contribution is -2.20. The van der Waals surface area contributed by atoms with Crippen LogP contribution in [0.25, 0.3) is 0 Å². The Balaban J connectivity index is 2.29. The summed E-state index contributed by atoms with van der Waals surface area (Å²) < 4.78 is 7.26. The van der Waals surface area contributed by atoms with E-state index in [1.165, 1.54) is 0 Å². The fraction of sp³-hybridized carbons (Fsp3) is 0.400. The summed E-state index contributed by atoms with van der Waals surface area (Å²) in [5.74, 6) is 0.705. The lowest BCUT2D eigenvalue weighted by Gasteiger charge is -2.18. The van der Waals surface area contributed by atoms with Gasteiger partial charge in [-0.25, -0.2) is 0 Å². The minimum absolute atomic E-state index is 0.212. The second kappa shape index (κ2) is 6.69. The second-order valence-electron chi connectivity index (χ2n) is 5.20. The zero-order valence-corrected chi connectivity index (χ0v) is 13.8. The number of ether oxygens (including phenoxy) is 1. The summed E-state index contributed by atoms with van der Waals surface area (Å²) >= 11 is 12.0. The van der Waals surface area contributed by atoms with Gasteiger partial charge in [0, 0.05) is 6.04 Å². The van der Waals surface area contributed by atoms with E-state index >= 15 is 0 Å². The molecule has 1 aromatic heterocycles. The van der Waals surface area contributed by atoms with Crippen molar-refractivity contribution in [2.45, 2.75) is 32.4 Å². The number of hydrogen-bond donors (Lipinski definition) is 1. The molecule has 21 heavy (non-hydrogen) atoms. The van der Waals surface area contributed by atoms with Gasteiger partial charge in [-0.3, -0.25) is 4.68 Å². The maximum atomic E-state index is 6.36. The number of hydrogen-bond acceptors (Lipinski definition) is 3. The van der Waals surface area contributed by atoms with E-state index in [9.17, 15) is 0 Å². The highest BCUT2D eigenvalue weighted by Gasteiger charge is 2.20. The molecule has 2 N–H and O–H groups in total. The predicted molar refractivity (Wildman–Crippen MR) is 86.3 cm³/mol. The molecule has 0 spiro atoms. The van der Waals surface area contributed by atoms with E-state index in [1.807, 2.05) is 16.8 Å². The van der Waals surface area contributed by atoms with Crippen LogP contribution >= 0.6 is 23.2 Å². The van der Waals surface area contributed by atoms with E-state index in [2.05, 4.69) is 18.9 Å². The summed E-state index contributed by atoms with van der Waals surface area (Å²) in [5, 5.41) is 5.42. The summed E-state index contributed by atoms with van der Waals surface area (Å²) in [4.78, 5) is 0. The first kappa shape index (κ1) is 16.1. The Morgan fingerprint density at radius 2 is 2.00 bits per heavy atom. The molecule has 1 aromatic carbocycles. The first-order valence-electron chi connectivity index (χ1n) is 6.75. The quantitative estimate of drug-likeness (QED) is 0.902. The van der Waals surface area contributed by atoms with Crippen molar-refractivity contribution in [1.29, 1.82) is 0 Å². The third-order valence-corrected chi connectivity index (χ3v) is 4.04. The van der Waals surface area contributed by atoms with Gasteiger partial charge in [-0.05, 0) is 38.0 Å². The number of aromatic nitrogens is 2. The second-order valence-corrected chi connectivity index (χ2v) is 6.01. The minimum atomic E-state index is -0.234. The minimum Gasteiger partial charge on any atom is -0.493 e. The molecule has 0 aliphatic heterocycles. The van der Waals surface area contributed by atoms with Crippen LogP contribution in [0.3, 0.4) is 0 Å². The summed E-state index contributed by atoms with van der Waals surface area (Å²) in [6.45, 7) is 4.11. The third kappa shape index (κ3) is 3.51. The Labute approximate surface area is 134 Å². The molecule has 2 aromatic rings. The molecule has 0 aliphatic rings. The van der Waals surface area contributed by atoms with Crippen molar-refractivity contribution in [1.82, 2.24) is 9.78 Å². The lowest BCUT2D eigenvalue weighted by atomic mass is 10.0. The van der Waals surface area contributed by atoms with Crippen LogP contribution in [0.2, 0.25) is 10.0 Å². The number of benzene rings is 1. The summed E-state index contributed by atoms with van der Waals surface area (Å²) in [5.41, 5.74) is 8.27. The maximum absolute atomic E-state index is 6.36. The van der Waals surface area contributed by atoms with Gasteiger partial charge in [-0.1, -0.05) is 29.3 Å². The Hall–Kier alpha value is -1.23. The zero-order valence-electron chi connectivity index (χ0n) is 12.3. The maximum Gasteiger partial charge on any atom is 0.161 e. The molecule has 6 heteroatoms. The van der Waals surface area contributed by atoms with Crippen molar-refractivity contribution in [3.05, 3.63) is 45.7 Å². The van der Waals surface area contributed by atoms with Crippen LogP contribution in [-0.2, 0) is 6.42 Å². The number of nitrogens with zero attached hydrogens (tertiary/aromatic N) is 2. The highest BCUT2D eigenvalue weighted by Crippen LogP contribution is 2.30. The van der Waals surface area contributed by atoms with Gasteiger partial charge in [0.1, 0.15) is 0 Å². The molecule has 1 unspecified atom stereocenters. The molecular weight excluding hydrogens is 309 g/mol. The van der Waals surface area contributed by atoms with E-state index in [0.717, 1.165) is 11.3 Å². The Bertz CT molecular complexity index is 625. The van der Waals surface area contributed by atoms with Crippen LogP contribution < -0.4 is 10.5 Å². The van der Waals surface area contributed by atoms with Crippen molar-refractivity contribution in [3.63, 3.8) is 0 Å². The average Bonchev–Trinajstić information content (AvgIpc) is 2.87. The van der Waals surface area contributed by atoms with Crippen LogP contribution in [0.4, 0.5) is 0 Å². The summed E-state index contributed by atoms with van der Waals surface area (Å²) in [6, 6.07) is 5.53. The van der Waals surface area contributed by atoms with Gasteiger partial charge in [0.05, 0.1) is 35.1 Å². The lowest BCUT2D eigenvalue weighted by molar-refractivity contribution is 0.396. The van der Waals surface area contributed by atoms with E-state index in [4.69, 9.17) is 33.7 Å². The third-order valence-electron chi connectivity index (χ3n) is 3.30. The SMILES string of the molecule is COc1cnn(C(C)C)c1C(N)Cc1ccc(Cl)c(Cl)c1. The van der Waals surface area contributed by atoms with E-state index in [-0.39, 0.29) is 12.1 Å². The van der Waals surface area contributed by atoms with Crippen LogP contribution in [0.5, 0.6) is 5.75 Å². The van der Waals surface area contributed by atoms with Crippen molar-refractivity contribution in [3.8, 4) is 5.75 Å². The molecule has 4 nitrogen and oxygen atoms in total. The first-order valence-corrected chi connectivity index (χ1v) is 7.50. The van der Waals surface area contributed by atoms with Gasteiger partial charge in [0.2, 0.25) is 0 Å². The molecule has 0 radical (unpaired) electrons. The number of rotatable bonds is 5. The summed E-state index contributed by atoms with van der Waals surface area (Å²) in [7, 11) is 1.62. The first-order chi connectivity index (χ1) is 9.93. The van der Waals surface area contributed by atoms with Crippen molar-refractivity contribution < 1.29 is 4.74 Å².